The van der Waals surface area contributed by atoms with Crippen LogP contribution in [0, 0.1) is 0 Å². The third-order valence-corrected chi connectivity index (χ3v) is 4.45. The van der Waals surface area contributed by atoms with E-state index in [0.717, 1.165) is 25.1 Å². The highest BCUT2D eigenvalue weighted by molar-refractivity contribution is 8.00. The Kier molecular flexibility index (Phi) is 4.00. The first-order valence-electron chi connectivity index (χ1n) is 5.75. The minimum absolute atomic E-state index is 0.538. The molecule has 1 saturated heterocycles. The molecular formula is C13H16ClNOS. The van der Waals surface area contributed by atoms with Crippen molar-refractivity contribution < 1.29 is 4.79 Å². The molecule has 1 heterocycles. The average molecular weight is 270 g/mol. The predicted octanol–water partition coefficient (Wildman–Crippen LogP) is 3.48. The average Bonchev–Trinajstić information content (AvgIpc) is 2.27. The quantitative estimate of drug-likeness (QED) is 0.767. The Hall–Kier alpha value is -0.670. The van der Waals surface area contributed by atoms with Gasteiger partial charge in [-0.2, -0.15) is 11.8 Å². The van der Waals surface area contributed by atoms with Crippen molar-refractivity contribution in [2.45, 2.75) is 24.3 Å². The molecule has 2 nitrogen and oxygen atoms in total. The maximum absolute atomic E-state index is 10.7. The first kappa shape index (κ1) is 12.8. The third-order valence-electron chi connectivity index (χ3n) is 2.90. The monoisotopic (exact) mass is 269 g/mol. The van der Waals surface area contributed by atoms with E-state index in [-0.39, 0.29) is 0 Å². The van der Waals surface area contributed by atoms with Crippen molar-refractivity contribution in [2.75, 3.05) is 18.0 Å². The number of aldehydes is 1. The summed E-state index contributed by atoms with van der Waals surface area (Å²) < 4.78 is 0. The van der Waals surface area contributed by atoms with E-state index in [9.17, 15) is 4.79 Å². The van der Waals surface area contributed by atoms with Gasteiger partial charge in [0, 0.05) is 34.8 Å². The summed E-state index contributed by atoms with van der Waals surface area (Å²) in [5.41, 5.74) is 1.67. The number of carbonyl (C=O) groups is 1. The fourth-order valence-electron chi connectivity index (χ4n) is 2.20. The molecule has 1 fully saturated rings. The second-order valence-corrected chi connectivity index (χ2v) is 6.77. The van der Waals surface area contributed by atoms with Gasteiger partial charge in [-0.1, -0.05) is 25.4 Å². The second kappa shape index (κ2) is 5.32. The lowest BCUT2D eigenvalue weighted by Gasteiger charge is -2.36. The summed E-state index contributed by atoms with van der Waals surface area (Å²) >= 11 is 8.08. The molecule has 0 amide bonds. The van der Waals surface area contributed by atoms with Gasteiger partial charge in [-0.05, 0) is 18.2 Å². The highest BCUT2D eigenvalue weighted by Crippen LogP contribution is 2.30. The zero-order valence-electron chi connectivity index (χ0n) is 10.0. The molecule has 92 valence electrons. The molecule has 17 heavy (non-hydrogen) atoms. The van der Waals surface area contributed by atoms with Crippen LogP contribution in [0.15, 0.2) is 18.2 Å². The van der Waals surface area contributed by atoms with E-state index in [0.29, 0.717) is 21.1 Å². The van der Waals surface area contributed by atoms with Gasteiger partial charge < -0.3 is 4.90 Å². The Bertz CT molecular complexity index is 414. The lowest BCUT2D eigenvalue weighted by Crippen LogP contribution is -2.40. The summed E-state index contributed by atoms with van der Waals surface area (Å²) in [5, 5.41) is 1.79. The normalized spacial score (nSPS) is 24.8. The van der Waals surface area contributed by atoms with Gasteiger partial charge in [0.05, 0.1) is 5.02 Å². The molecule has 0 spiro atoms. The smallest absolute Gasteiger partial charge is 0.151 e. The van der Waals surface area contributed by atoms with Gasteiger partial charge in [0.1, 0.15) is 0 Å². The lowest BCUT2D eigenvalue weighted by molar-refractivity contribution is 0.112. The van der Waals surface area contributed by atoms with Crippen LogP contribution in [-0.4, -0.2) is 29.9 Å². The summed E-state index contributed by atoms with van der Waals surface area (Å²) in [6, 6.07) is 5.66. The summed E-state index contributed by atoms with van der Waals surface area (Å²) in [6.07, 6.45) is 0.795. The minimum Gasteiger partial charge on any atom is -0.369 e. The molecule has 4 heteroatoms. The molecule has 0 N–H and O–H groups in total. The largest absolute Gasteiger partial charge is 0.369 e. The van der Waals surface area contributed by atoms with Crippen molar-refractivity contribution in [1.82, 2.24) is 0 Å². The number of rotatable bonds is 2. The van der Waals surface area contributed by atoms with Crippen LogP contribution in [0.3, 0.4) is 0 Å². The zero-order valence-corrected chi connectivity index (χ0v) is 11.6. The van der Waals surface area contributed by atoms with E-state index in [2.05, 4.69) is 18.7 Å². The maximum atomic E-state index is 10.7. The highest BCUT2D eigenvalue weighted by atomic mass is 35.5. The Balaban J connectivity index is 2.21. The van der Waals surface area contributed by atoms with Crippen LogP contribution in [0.2, 0.25) is 5.02 Å². The van der Waals surface area contributed by atoms with Crippen molar-refractivity contribution in [1.29, 1.82) is 0 Å². The molecule has 1 aromatic carbocycles. The van der Waals surface area contributed by atoms with E-state index in [1.165, 1.54) is 0 Å². The number of thioether (sulfide) groups is 1. The van der Waals surface area contributed by atoms with Gasteiger partial charge in [0.25, 0.3) is 0 Å². The topological polar surface area (TPSA) is 20.3 Å². The Morgan fingerprint density at radius 2 is 2.00 bits per heavy atom. The van der Waals surface area contributed by atoms with Crippen molar-refractivity contribution in [3.05, 3.63) is 28.8 Å². The van der Waals surface area contributed by atoms with Crippen LogP contribution < -0.4 is 4.90 Å². The molecule has 0 radical (unpaired) electrons. The van der Waals surface area contributed by atoms with E-state index in [4.69, 9.17) is 11.6 Å². The van der Waals surface area contributed by atoms with Crippen molar-refractivity contribution >= 4 is 35.3 Å². The van der Waals surface area contributed by atoms with Crippen LogP contribution in [0.1, 0.15) is 24.2 Å². The Morgan fingerprint density at radius 1 is 1.35 bits per heavy atom. The molecule has 0 aliphatic carbocycles. The Morgan fingerprint density at radius 3 is 2.53 bits per heavy atom. The first-order chi connectivity index (χ1) is 8.10. The summed E-state index contributed by atoms with van der Waals surface area (Å²) in [6.45, 7) is 6.56. The van der Waals surface area contributed by atoms with Gasteiger partial charge in [0.15, 0.2) is 6.29 Å². The number of benzene rings is 1. The summed E-state index contributed by atoms with van der Waals surface area (Å²) in [4.78, 5) is 13.1. The molecule has 0 aromatic heterocycles. The molecule has 1 aliphatic heterocycles. The Labute approximate surface area is 111 Å². The minimum atomic E-state index is 0.538. The number of hydrogen-bond donors (Lipinski definition) is 0. The van der Waals surface area contributed by atoms with E-state index >= 15 is 0 Å². The molecule has 2 atom stereocenters. The zero-order chi connectivity index (χ0) is 12.4. The van der Waals surface area contributed by atoms with Crippen LogP contribution in [0.4, 0.5) is 5.69 Å². The molecule has 0 bridgehead atoms. The molecule has 1 aromatic rings. The van der Waals surface area contributed by atoms with E-state index in [1.54, 1.807) is 6.07 Å². The van der Waals surface area contributed by atoms with Gasteiger partial charge in [-0.25, -0.2) is 0 Å². The van der Waals surface area contributed by atoms with Crippen LogP contribution in [-0.2, 0) is 0 Å². The second-order valence-electron chi connectivity index (χ2n) is 4.49. The fourth-order valence-corrected chi connectivity index (χ4v) is 3.74. The lowest BCUT2D eigenvalue weighted by atomic mass is 10.2. The van der Waals surface area contributed by atoms with Gasteiger partial charge in [0.2, 0.25) is 0 Å². The maximum Gasteiger partial charge on any atom is 0.151 e. The van der Waals surface area contributed by atoms with Crippen LogP contribution >= 0.6 is 23.4 Å². The third kappa shape index (κ3) is 2.96. The summed E-state index contributed by atoms with van der Waals surface area (Å²) in [7, 11) is 0. The van der Waals surface area contributed by atoms with Crippen LogP contribution in [0.25, 0.3) is 0 Å². The number of carbonyl (C=O) groups excluding carboxylic acids is 1. The molecule has 0 saturated carbocycles. The number of anilines is 1. The van der Waals surface area contributed by atoms with Crippen molar-refractivity contribution in [3.8, 4) is 0 Å². The number of nitrogens with zero attached hydrogens (tertiary/aromatic N) is 1. The van der Waals surface area contributed by atoms with Crippen molar-refractivity contribution in [3.63, 3.8) is 0 Å². The molecule has 1 aliphatic rings. The first-order valence-corrected chi connectivity index (χ1v) is 7.07. The predicted molar refractivity (Wildman–Crippen MR) is 75.6 cm³/mol. The van der Waals surface area contributed by atoms with E-state index < -0.39 is 0 Å². The van der Waals surface area contributed by atoms with Crippen LogP contribution in [0.5, 0.6) is 0 Å². The highest BCUT2D eigenvalue weighted by Gasteiger charge is 2.22. The van der Waals surface area contributed by atoms with Gasteiger partial charge in [-0.3, -0.25) is 4.79 Å². The fraction of sp³-hybridized carbons (Fsp3) is 0.462. The number of halogens is 1. The molecule has 2 rings (SSSR count). The van der Waals surface area contributed by atoms with E-state index in [1.807, 2.05) is 23.9 Å². The van der Waals surface area contributed by atoms with Gasteiger partial charge >= 0.3 is 0 Å². The molecule has 2 unspecified atom stereocenters. The summed E-state index contributed by atoms with van der Waals surface area (Å²) in [5.74, 6) is 0. The standard InChI is InChI=1S/C13H16ClNOS/c1-9-6-15(7-10(2)17-9)12-4-3-11(8-16)13(14)5-12/h3-5,8-10H,6-7H2,1-2H3. The van der Waals surface area contributed by atoms with Gasteiger partial charge in [-0.15, -0.1) is 0 Å². The number of hydrogen-bond acceptors (Lipinski definition) is 3. The SMILES string of the molecule is CC1CN(c2ccc(C=O)c(Cl)c2)CC(C)S1. The molecular weight excluding hydrogens is 254 g/mol. The van der Waals surface area contributed by atoms with Crippen molar-refractivity contribution in [2.24, 2.45) is 0 Å².